The summed E-state index contributed by atoms with van der Waals surface area (Å²) in [5, 5.41) is 0. The molecule has 5 nitrogen and oxygen atoms in total. The van der Waals surface area contributed by atoms with Crippen LogP contribution in [0.1, 0.15) is 5.56 Å². The summed E-state index contributed by atoms with van der Waals surface area (Å²) in [6.07, 6.45) is -0.592. The minimum Gasteiger partial charge on any atom is -0.448 e. The molecule has 1 amide bonds. The van der Waals surface area contributed by atoms with Crippen molar-refractivity contribution in [2.75, 3.05) is 19.7 Å². The number of hydrogen-bond acceptors (Lipinski definition) is 4. The number of carbonyl (C=O) groups is 2. The van der Waals surface area contributed by atoms with Gasteiger partial charge in [0.2, 0.25) is 0 Å². The van der Waals surface area contributed by atoms with Crippen molar-refractivity contribution in [2.24, 2.45) is 0 Å². The normalized spacial score (nSPS) is 9.67. The van der Waals surface area contributed by atoms with Gasteiger partial charge >= 0.3 is 12.1 Å². The summed E-state index contributed by atoms with van der Waals surface area (Å²) < 4.78 is 9.52. The molecule has 1 rings (SSSR count). The highest BCUT2D eigenvalue weighted by Gasteiger charge is 2.14. The quantitative estimate of drug-likeness (QED) is 0.607. The third-order valence-electron chi connectivity index (χ3n) is 2.10. The molecule has 98 valence electrons. The Balaban J connectivity index is 2.34. The lowest BCUT2D eigenvalue weighted by atomic mass is 10.2. The Hall–Kier alpha value is -1.75. The molecule has 0 heterocycles. The van der Waals surface area contributed by atoms with E-state index in [1.165, 1.54) is 7.05 Å². The number of hydrogen-bond donors (Lipinski definition) is 0. The zero-order valence-electron chi connectivity index (χ0n) is 9.97. The first kappa shape index (κ1) is 14.3. The maximum absolute atomic E-state index is 11.5. The number of ether oxygens (including phenoxy) is 2. The first-order valence-corrected chi connectivity index (χ1v) is 5.80. The Morgan fingerprint density at radius 3 is 2.50 bits per heavy atom. The van der Waals surface area contributed by atoms with Gasteiger partial charge in [0.15, 0.2) is 6.07 Å². The summed E-state index contributed by atoms with van der Waals surface area (Å²) in [6, 6.07) is 9.03. The zero-order valence-corrected chi connectivity index (χ0v) is 10.7. The van der Waals surface area contributed by atoms with Crippen molar-refractivity contribution in [3.05, 3.63) is 35.9 Å². The van der Waals surface area contributed by atoms with E-state index in [4.69, 9.17) is 16.3 Å². The van der Waals surface area contributed by atoms with Gasteiger partial charge in [0.05, 0.1) is 0 Å². The summed E-state index contributed by atoms with van der Waals surface area (Å²) in [5.41, 5.74) is 0.877. The number of benzene rings is 1. The summed E-state index contributed by atoms with van der Waals surface area (Å²) in [6.45, 7) is -0.0328. The van der Waals surface area contributed by atoms with E-state index in [-0.39, 0.29) is 19.2 Å². The van der Waals surface area contributed by atoms with Gasteiger partial charge in [-0.2, -0.15) is 0 Å². The Morgan fingerprint density at radius 2 is 1.89 bits per heavy atom. The molecule has 0 aliphatic rings. The minimum atomic E-state index is -0.592. The minimum absolute atomic E-state index is 0.161. The van der Waals surface area contributed by atoms with Crippen LogP contribution in [0.2, 0.25) is 0 Å². The summed E-state index contributed by atoms with van der Waals surface area (Å²) in [7, 11) is 1.45. The van der Waals surface area contributed by atoms with Crippen LogP contribution in [0.4, 0.5) is 4.79 Å². The van der Waals surface area contributed by atoms with Crippen LogP contribution < -0.4 is 0 Å². The second kappa shape index (κ2) is 7.55. The van der Waals surface area contributed by atoms with Gasteiger partial charge in [-0.1, -0.05) is 41.9 Å². The second-order valence-corrected chi connectivity index (χ2v) is 3.74. The maximum atomic E-state index is 11.5. The molecule has 1 aromatic carbocycles. The fraction of sp³-hybridized carbons (Fsp3) is 0.333. The third-order valence-corrected chi connectivity index (χ3v) is 2.21. The van der Waals surface area contributed by atoms with Crippen LogP contribution in [-0.2, 0) is 20.9 Å². The molecule has 0 radical (unpaired) electrons. The highest BCUT2D eigenvalue weighted by atomic mass is 35.5. The van der Waals surface area contributed by atoms with Crippen molar-refractivity contribution in [1.29, 1.82) is 0 Å². The van der Waals surface area contributed by atoms with Crippen molar-refractivity contribution in [3.63, 3.8) is 0 Å². The monoisotopic (exact) mass is 271 g/mol. The highest BCUT2D eigenvalue weighted by Crippen LogP contribution is 2.02. The predicted molar refractivity (Wildman–Crippen MR) is 66.1 cm³/mol. The van der Waals surface area contributed by atoms with Crippen LogP contribution in [0.5, 0.6) is 0 Å². The summed E-state index contributed by atoms with van der Waals surface area (Å²) in [5.74, 6) is -0.579. The van der Waals surface area contributed by atoms with E-state index < -0.39 is 12.1 Å². The van der Waals surface area contributed by atoms with Crippen LogP contribution >= 0.6 is 11.6 Å². The molecular formula is C12H14ClNO4. The fourth-order valence-corrected chi connectivity index (χ4v) is 1.32. The van der Waals surface area contributed by atoms with Gasteiger partial charge in [0.1, 0.15) is 13.2 Å². The van der Waals surface area contributed by atoms with Crippen molar-refractivity contribution >= 4 is 23.7 Å². The number of amides is 1. The van der Waals surface area contributed by atoms with Gasteiger partial charge in [-0.3, -0.25) is 4.79 Å². The SMILES string of the molecule is CN(CC(=O)OCCl)C(=O)OCc1ccccc1. The molecule has 18 heavy (non-hydrogen) atoms. The van der Waals surface area contributed by atoms with Gasteiger partial charge in [0.25, 0.3) is 0 Å². The summed E-state index contributed by atoms with van der Waals surface area (Å²) in [4.78, 5) is 23.7. The largest absolute Gasteiger partial charge is 0.448 e. The van der Waals surface area contributed by atoms with Crippen LogP contribution in [0.3, 0.4) is 0 Å². The number of rotatable bonds is 5. The molecule has 0 spiro atoms. The van der Waals surface area contributed by atoms with Crippen molar-refractivity contribution in [2.45, 2.75) is 6.61 Å². The molecule has 0 unspecified atom stereocenters. The Morgan fingerprint density at radius 1 is 1.22 bits per heavy atom. The number of alkyl halides is 1. The number of esters is 1. The molecule has 0 aliphatic carbocycles. The van der Waals surface area contributed by atoms with Crippen LogP contribution in [0.15, 0.2) is 30.3 Å². The van der Waals surface area contributed by atoms with Crippen molar-refractivity contribution in [1.82, 2.24) is 4.90 Å². The molecule has 1 aromatic rings. The molecule has 0 aliphatic heterocycles. The van der Waals surface area contributed by atoms with Gasteiger partial charge in [-0.05, 0) is 5.56 Å². The van der Waals surface area contributed by atoms with Crippen LogP contribution in [-0.4, -0.2) is 36.6 Å². The standard InChI is InChI=1S/C12H14ClNO4/c1-14(7-11(15)18-9-13)12(16)17-8-10-5-3-2-4-6-10/h2-6H,7-9H2,1H3. The van der Waals surface area contributed by atoms with E-state index >= 15 is 0 Å². The lowest BCUT2D eigenvalue weighted by molar-refractivity contribution is -0.142. The van der Waals surface area contributed by atoms with Gasteiger partial charge in [-0.25, -0.2) is 4.79 Å². The smallest absolute Gasteiger partial charge is 0.410 e. The average molecular weight is 272 g/mol. The van der Waals surface area contributed by atoms with E-state index in [2.05, 4.69) is 4.74 Å². The third kappa shape index (κ3) is 5.05. The zero-order chi connectivity index (χ0) is 13.4. The first-order valence-electron chi connectivity index (χ1n) is 5.27. The van der Waals surface area contributed by atoms with Crippen LogP contribution in [0.25, 0.3) is 0 Å². The van der Waals surface area contributed by atoms with E-state index in [9.17, 15) is 9.59 Å². The van der Waals surface area contributed by atoms with Gasteiger partial charge < -0.3 is 14.4 Å². The lowest BCUT2D eigenvalue weighted by Gasteiger charge is -2.15. The fourth-order valence-electron chi connectivity index (χ4n) is 1.19. The Kier molecular flexibility index (Phi) is 6.00. The van der Waals surface area contributed by atoms with E-state index in [1.54, 1.807) is 0 Å². The van der Waals surface area contributed by atoms with E-state index in [1.807, 2.05) is 30.3 Å². The van der Waals surface area contributed by atoms with E-state index in [0.29, 0.717) is 0 Å². The molecule has 0 N–H and O–H groups in total. The van der Waals surface area contributed by atoms with E-state index in [0.717, 1.165) is 10.5 Å². The number of nitrogens with zero attached hydrogens (tertiary/aromatic N) is 1. The number of carbonyl (C=O) groups excluding carboxylic acids is 2. The molecule has 0 saturated carbocycles. The summed E-state index contributed by atoms with van der Waals surface area (Å²) >= 11 is 5.22. The predicted octanol–water partition coefficient (Wildman–Crippen LogP) is 1.99. The van der Waals surface area contributed by atoms with Crippen molar-refractivity contribution in [3.8, 4) is 0 Å². The second-order valence-electron chi connectivity index (χ2n) is 3.52. The first-order chi connectivity index (χ1) is 8.63. The molecule has 0 fully saturated rings. The Bertz CT molecular complexity index is 396. The molecule has 0 bridgehead atoms. The van der Waals surface area contributed by atoms with Crippen molar-refractivity contribution < 1.29 is 19.1 Å². The number of halogens is 1. The Labute approximate surface area is 110 Å². The average Bonchev–Trinajstić information content (AvgIpc) is 2.37. The lowest BCUT2D eigenvalue weighted by Crippen LogP contribution is -2.33. The molecular weight excluding hydrogens is 258 g/mol. The highest BCUT2D eigenvalue weighted by molar-refractivity contribution is 6.17. The topological polar surface area (TPSA) is 55.8 Å². The molecule has 0 aromatic heterocycles. The van der Waals surface area contributed by atoms with Crippen LogP contribution in [0, 0.1) is 0 Å². The molecule has 0 atom stereocenters. The van der Waals surface area contributed by atoms with Gasteiger partial charge in [0, 0.05) is 7.05 Å². The molecule has 0 saturated heterocycles. The number of likely N-dealkylation sites (N-methyl/N-ethyl adjacent to an activating group) is 1. The van der Waals surface area contributed by atoms with Gasteiger partial charge in [-0.15, -0.1) is 0 Å². The molecule has 6 heteroatoms. The maximum Gasteiger partial charge on any atom is 0.410 e.